The van der Waals surface area contributed by atoms with Crippen LogP contribution in [0.4, 0.5) is 0 Å². The topological polar surface area (TPSA) is 107 Å². The second-order valence-electron chi connectivity index (χ2n) is 8.98. The minimum atomic E-state index is -3.76. The standard InChI is InChI=1S/C28H23N7O2S/c1-19-7-10-23(11-8-19)38(36,37)34(2)18-27-32-28(26-15-20-5-3-4-6-21(20)17-31-26)33-35(27)22-9-12-24-25(16-22)30-14-13-29-24/h3-17H,18H2,1-2H3. The highest BCUT2D eigenvalue weighted by molar-refractivity contribution is 7.89. The van der Waals surface area contributed by atoms with E-state index in [9.17, 15) is 8.42 Å². The van der Waals surface area contributed by atoms with Gasteiger partial charge in [0.05, 0.1) is 28.2 Å². The molecule has 3 aromatic heterocycles. The number of pyridine rings is 1. The Morgan fingerprint density at radius 2 is 1.58 bits per heavy atom. The molecule has 0 bridgehead atoms. The van der Waals surface area contributed by atoms with Crippen LogP contribution in [0, 0.1) is 6.92 Å². The number of fused-ring (bicyclic) bond motifs is 2. The zero-order valence-electron chi connectivity index (χ0n) is 20.7. The van der Waals surface area contributed by atoms with E-state index < -0.39 is 10.0 Å². The fraction of sp³-hybridized carbons (Fsp3) is 0.107. The van der Waals surface area contributed by atoms with Crippen molar-refractivity contribution >= 4 is 31.8 Å². The summed E-state index contributed by atoms with van der Waals surface area (Å²) in [7, 11) is -2.22. The number of rotatable bonds is 6. The van der Waals surface area contributed by atoms with Crippen molar-refractivity contribution < 1.29 is 8.42 Å². The molecule has 0 fully saturated rings. The molecular weight excluding hydrogens is 498 g/mol. The molecular formula is C28H23N7O2S. The first-order valence-corrected chi connectivity index (χ1v) is 13.4. The Balaban J connectivity index is 1.44. The van der Waals surface area contributed by atoms with Gasteiger partial charge in [-0.2, -0.15) is 4.31 Å². The summed E-state index contributed by atoms with van der Waals surface area (Å²) < 4.78 is 29.6. The Morgan fingerprint density at radius 3 is 2.37 bits per heavy atom. The lowest BCUT2D eigenvalue weighted by atomic mass is 10.1. The van der Waals surface area contributed by atoms with Crippen molar-refractivity contribution in [2.45, 2.75) is 18.4 Å². The van der Waals surface area contributed by atoms with Crippen LogP contribution in [-0.2, 0) is 16.6 Å². The summed E-state index contributed by atoms with van der Waals surface area (Å²) in [6, 6.07) is 22.2. The molecule has 38 heavy (non-hydrogen) atoms. The molecule has 0 radical (unpaired) electrons. The van der Waals surface area contributed by atoms with Gasteiger partial charge in [-0.3, -0.25) is 15.0 Å². The first-order valence-electron chi connectivity index (χ1n) is 11.9. The van der Waals surface area contributed by atoms with Crippen molar-refractivity contribution in [1.29, 1.82) is 0 Å². The molecule has 0 amide bonds. The SMILES string of the molecule is Cc1ccc(S(=O)(=O)N(C)Cc2nc(-c3cc4ccccc4cn3)nn2-c2ccc3nccnc3c2)cc1. The molecule has 0 aliphatic rings. The number of aryl methyl sites for hydroxylation is 1. The van der Waals surface area contributed by atoms with E-state index in [0.717, 1.165) is 21.9 Å². The Labute approximate surface area is 219 Å². The maximum Gasteiger partial charge on any atom is 0.243 e. The van der Waals surface area contributed by atoms with Gasteiger partial charge in [-0.25, -0.2) is 18.1 Å². The van der Waals surface area contributed by atoms with Crippen molar-refractivity contribution in [3.05, 3.63) is 103 Å². The summed E-state index contributed by atoms with van der Waals surface area (Å²) in [4.78, 5) is 18.3. The first-order chi connectivity index (χ1) is 18.4. The number of nitrogens with zero attached hydrogens (tertiary/aromatic N) is 7. The summed E-state index contributed by atoms with van der Waals surface area (Å²) in [6.45, 7) is 1.91. The van der Waals surface area contributed by atoms with Crippen LogP contribution in [0.25, 0.3) is 39.0 Å². The first kappa shape index (κ1) is 23.8. The van der Waals surface area contributed by atoms with Gasteiger partial charge < -0.3 is 0 Å². The average Bonchev–Trinajstić information content (AvgIpc) is 3.36. The third-order valence-corrected chi connectivity index (χ3v) is 8.14. The molecule has 3 heterocycles. The molecule has 0 spiro atoms. The summed E-state index contributed by atoms with van der Waals surface area (Å²) in [5.41, 5.74) is 3.70. The molecule has 0 N–H and O–H groups in total. The lowest BCUT2D eigenvalue weighted by Gasteiger charge is -2.17. The zero-order chi connectivity index (χ0) is 26.3. The number of hydrogen-bond acceptors (Lipinski definition) is 7. The van der Waals surface area contributed by atoms with Crippen molar-refractivity contribution in [3.8, 4) is 17.2 Å². The largest absolute Gasteiger partial charge is 0.253 e. The molecule has 0 saturated carbocycles. The Hall–Kier alpha value is -4.54. The molecule has 10 heteroatoms. The fourth-order valence-electron chi connectivity index (χ4n) is 4.23. The molecule has 3 aromatic carbocycles. The van der Waals surface area contributed by atoms with E-state index in [1.807, 2.05) is 55.5 Å². The van der Waals surface area contributed by atoms with Crippen LogP contribution in [0.5, 0.6) is 0 Å². The summed E-state index contributed by atoms with van der Waals surface area (Å²) in [5.74, 6) is 0.836. The molecule has 0 atom stereocenters. The van der Waals surface area contributed by atoms with E-state index in [4.69, 9.17) is 10.1 Å². The molecule has 9 nitrogen and oxygen atoms in total. The minimum Gasteiger partial charge on any atom is -0.253 e. The van der Waals surface area contributed by atoms with Gasteiger partial charge >= 0.3 is 0 Å². The Kier molecular flexibility index (Phi) is 5.90. The van der Waals surface area contributed by atoms with Gasteiger partial charge in [-0.05, 0) is 48.7 Å². The second kappa shape index (κ2) is 9.40. The highest BCUT2D eigenvalue weighted by Gasteiger charge is 2.24. The Morgan fingerprint density at radius 1 is 0.842 bits per heavy atom. The van der Waals surface area contributed by atoms with Gasteiger partial charge in [0.2, 0.25) is 15.8 Å². The van der Waals surface area contributed by atoms with Gasteiger partial charge in [0, 0.05) is 31.0 Å². The van der Waals surface area contributed by atoms with Crippen LogP contribution in [0.2, 0.25) is 0 Å². The molecule has 6 aromatic rings. The number of hydrogen-bond donors (Lipinski definition) is 0. The predicted octanol–water partition coefficient (Wildman–Crippen LogP) is 4.55. The zero-order valence-corrected chi connectivity index (χ0v) is 21.5. The maximum atomic E-state index is 13.3. The van der Waals surface area contributed by atoms with Crippen molar-refractivity contribution in [3.63, 3.8) is 0 Å². The van der Waals surface area contributed by atoms with Crippen LogP contribution in [0.1, 0.15) is 11.4 Å². The number of benzene rings is 3. The van der Waals surface area contributed by atoms with Gasteiger partial charge in [0.15, 0.2) is 0 Å². The maximum absolute atomic E-state index is 13.3. The second-order valence-corrected chi connectivity index (χ2v) is 11.0. The molecule has 0 unspecified atom stereocenters. The normalized spacial score (nSPS) is 12.0. The van der Waals surface area contributed by atoms with E-state index >= 15 is 0 Å². The molecule has 6 rings (SSSR count). The van der Waals surface area contributed by atoms with Crippen molar-refractivity contribution in [2.24, 2.45) is 0 Å². The minimum absolute atomic E-state index is 0.00467. The number of aromatic nitrogens is 6. The molecule has 0 aliphatic heterocycles. The quantitative estimate of drug-likeness (QED) is 0.316. The van der Waals surface area contributed by atoms with Gasteiger partial charge in [-0.1, -0.05) is 42.0 Å². The van der Waals surface area contributed by atoms with E-state index in [1.165, 1.54) is 11.4 Å². The highest BCUT2D eigenvalue weighted by atomic mass is 32.2. The Bertz CT molecular complexity index is 1900. The van der Waals surface area contributed by atoms with Crippen LogP contribution >= 0.6 is 0 Å². The van der Waals surface area contributed by atoms with Crippen LogP contribution in [-0.4, -0.2) is 49.5 Å². The van der Waals surface area contributed by atoms with Crippen LogP contribution < -0.4 is 0 Å². The van der Waals surface area contributed by atoms with Crippen molar-refractivity contribution in [2.75, 3.05) is 7.05 Å². The van der Waals surface area contributed by atoms with Crippen molar-refractivity contribution in [1.82, 2.24) is 34.0 Å². The summed E-state index contributed by atoms with van der Waals surface area (Å²) in [6.07, 6.45) is 5.04. The highest BCUT2D eigenvalue weighted by Crippen LogP contribution is 2.24. The summed E-state index contributed by atoms with van der Waals surface area (Å²) >= 11 is 0. The van der Waals surface area contributed by atoms with E-state index in [2.05, 4.69) is 15.0 Å². The monoisotopic (exact) mass is 521 g/mol. The van der Waals surface area contributed by atoms with Crippen LogP contribution in [0.3, 0.4) is 0 Å². The average molecular weight is 522 g/mol. The lowest BCUT2D eigenvalue weighted by molar-refractivity contribution is 0.452. The van der Waals surface area contributed by atoms with Gasteiger partial charge in [0.25, 0.3) is 0 Å². The smallest absolute Gasteiger partial charge is 0.243 e. The van der Waals surface area contributed by atoms with E-state index in [0.29, 0.717) is 28.5 Å². The summed E-state index contributed by atoms with van der Waals surface area (Å²) in [5, 5.41) is 6.77. The lowest BCUT2D eigenvalue weighted by Crippen LogP contribution is -2.28. The number of sulfonamides is 1. The molecule has 0 saturated heterocycles. The van der Waals surface area contributed by atoms with E-state index in [1.54, 1.807) is 47.5 Å². The third kappa shape index (κ3) is 4.40. The van der Waals surface area contributed by atoms with E-state index in [-0.39, 0.29) is 11.4 Å². The molecule has 0 aliphatic carbocycles. The van der Waals surface area contributed by atoms with Gasteiger partial charge in [0.1, 0.15) is 11.5 Å². The third-order valence-electron chi connectivity index (χ3n) is 6.32. The predicted molar refractivity (Wildman–Crippen MR) is 145 cm³/mol. The van der Waals surface area contributed by atoms with Gasteiger partial charge in [-0.15, -0.1) is 5.10 Å². The molecule has 188 valence electrons. The fourth-order valence-corrected chi connectivity index (χ4v) is 5.35. The van der Waals surface area contributed by atoms with Crippen LogP contribution in [0.15, 0.2) is 96.3 Å².